The van der Waals surface area contributed by atoms with Crippen molar-refractivity contribution >= 4 is 5.95 Å². The largest absolute Gasteiger partial charge is 0.504 e. The summed E-state index contributed by atoms with van der Waals surface area (Å²) >= 11 is 0. The lowest BCUT2D eigenvalue weighted by Gasteiger charge is -2.04. The summed E-state index contributed by atoms with van der Waals surface area (Å²) in [5, 5.41) is 29.4. The van der Waals surface area contributed by atoms with E-state index < -0.39 is 0 Å². The summed E-state index contributed by atoms with van der Waals surface area (Å²) in [7, 11) is 3.56. The standard InChI is InChI=1S/C10H12N4O2/c1-11-10-13-12-9(14(10)2)6-3-4-7(15)8(16)5-6/h3-5,15-16H,1-2H3,(H,11,13). The Balaban J connectivity index is 2.50. The van der Waals surface area contributed by atoms with E-state index in [4.69, 9.17) is 0 Å². The number of nitrogens with zero attached hydrogens (tertiary/aromatic N) is 3. The van der Waals surface area contributed by atoms with Crippen LogP contribution in [-0.4, -0.2) is 32.0 Å². The molecule has 2 rings (SSSR count). The summed E-state index contributed by atoms with van der Waals surface area (Å²) < 4.78 is 1.76. The highest BCUT2D eigenvalue weighted by Gasteiger charge is 2.11. The highest BCUT2D eigenvalue weighted by Crippen LogP contribution is 2.29. The van der Waals surface area contributed by atoms with Gasteiger partial charge >= 0.3 is 0 Å². The fraction of sp³-hybridized carbons (Fsp3) is 0.200. The molecule has 0 fully saturated rings. The van der Waals surface area contributed by atoms with Gasteiger partial charge in [0.15, 0.2) is 17.3 Å². The first-order valence-electron chi connectivity index (χ1n) is 4.73. The average Bonchev–Trinajstić information content (AvgIpc) is 2.64. The Bertz CT molecular complexity index is 522. The third-order valence-electron chi connectivity index (χ3n) is 2.33. The zero-order valence-corrected chi connectivity index (χ0v) is 8.97. The maximum atomic E-state index is 9.39. The van der Waals surface area contributed by atoms with Gasteiger partial charge in [0.2, 0.25) is 5.95 Å². The molecule has 0 saturated carbocycles. The van der Waals surface area contributed by atoms with Crippen molar-refractivity contribution in [3.63, 3.8) is 0 Å². The number of benzene rings is 1. The Morgan fingerprint density at radius 1 is 1.19 bits per heavy atom. The van der Waals surface area contributed by atoms with Gasteiger partial charge in [-0.05, 0) is 18.2 Å². The van der Waals surface area contributed by atoms with E-state index in [1.807, 2.05) is 7.05 Å². The van der Waals surface area contributed by atoms with Gasteiger partial charge in [-0.3, -0.25) is 4.57 Å². The third kappa shape index (κ3) is 1.54. The molecule has 1 heterocycles. The molecule has 0 atom stereocenters. The van der Waals surface area contributed by atoms with Gasteiger partial charge in [0, 0.05) is 19.7 Å². The van der Waals surface area contributed by atoms with Crippen LogP contribution < -0.4 is 5.32 Å². The molecule has 0 aliphatic carbocycles. The summed E-state index contributed by atoms with van der Waals surface area (Å²) in [5.41, 5.74) is 0.687. The molecule has 6 nitrogen and oxygen atoms in total. The number of hydrogen-bond donors (Lipinski definition) is 3. The molecule has 0 saturated heterocycles. The molecule has 16 heavy (non-hydrogen) atoms. The topological polar surface area (TPSA) is 83.2 Å². The number of anilines is 1. The number of phenols is 2. The van der Waals surface area contributed by atoms with E-state index >= 15 is 0 Å². The lowest BCUT2D eigenvalue weighted by Crippen LogP contribution is -1.99. The minimum atomic E-state index is -0.175. The summed E-state index contributed by atoms with van der Waals surface area (Å²) in [6.45, 7) is 0. The van der Waals surface area contributed by atoms with Crippen LogP contribution in [0.5, 0.6) is 11.5 Å². The predicted molar refractivity (Wildman–Crippen MR) is 59.3 cm³/mol. The second kappa shape index (κ2) is 3.73. The molecule has 0 radical (unpaired) electrons. The SMILES string of the molecule is CNc1nnc(-c2ccc(O)c(O)c2)n1C. The number of aromatic hydroxyl groups is 2. The van der Waals surface area contributed by atoms with Crippen molar-refractivity contribution in [1.82, 2.24) is 14.8 Å². The van der Waals surface area contributed by atoms with Crippen molar-refractivity contribution < 1.29 is 10.2 Å². The number of phenolic OH excluding ortho intramolecular Hbond substituents is 2. The van der Waals surface area contributed by atoms with Gasteiger partial charge < -0.3 is 15.5 Å². The molecule has 3 N–H and O–H groups in total. The fourth-order valence-electron chi connectivity index (χ4n) is 1.46. The van der Waals surface area contributed by atoms with Crippen LogP contribution in [0.4, 0.5) is 5.95 Å². The highest BCUT2D eigenvalue weighted by molar-refractivity contribution is 5.61. The molecule has 0 bridgehead atoms. The highest BCUT2D eigenvalue weighted by atomic mass is 16.3. The van der Waals surface area contributed by atoms with Crippen LogP contribution in [0.3, 0.4) is 0 Å². The van der Waals surface area contributed by atoms with E-state index in [0.29, 0.717) is 17.3 Å². The van der Waals surface area contributed by atoms with Crippen molar-refractivity contribution in [1.29, 1.82) is 0 Å². The van der Waals surface area contributed by atoms with Crippen molar-refractivity contribution in [3.05, 3.63) is 18.2 Å². The molecule has 84 valence electrons. The van der Waals surface area contributed by atoms with Crippen molar-refractivity contribution in [2.24, 2.45) is 7.05 Å². The Labute approximate surface area is 92.2 Å². The minimum absolute atomic E-state index is 0.153. The second-order valence-corrected chi connectivity index (χ2v) is 3.36. The molecule has 0 unspecified atom stereocenters. The van der Waals surface area contributed by atoms with Crippen molar-refractivity contribution in [2.75, 3.05) is 12.4 Å². The summed E-state index contributed by atoms with van der Waals surface area (Å²) in [5.74, 6) is 0.911. The quantitative estimate of drug-likeness (QED) is 0.656. The summed E-state index contributed by atoms with van der Waals surface area (Å²) in [6.07, 6.45) is 0. The minimum Gasteiger partial charge on any atom is -0.504 e. The Morgan fingerprint density at radius 2 is 1.94 bits per heavy atom. The van der Waals surface area contributed by atoms with Gasteiger partial charge in [-0.2, -0.15) is 0 Å². The maximum Gasteiger partial charge on any atom is 0.224 e. The van der Waals surface area contributed by atoms with Crippen molar-refractivity contribution in [3.8, 4) is 22.9 Å². The first-order chi connectivity index (χ1) is 7.63. The van der Waals surface area contributed by atoms with Crippen LogP contribution in [0.25, 0.3) is 11.4 Å². The Hall–Kier alpha value is -2.24. The predicted octanol–water partition coefficient (Wildman–Crippen LogP) is 0.935. The van der Waals surface area contributed by atoms with Gasteiger partial charge in [-0.25, -0.2) is 0 Å². The molecule has 6 heteroatoms. The first-order valence-corrected chi connectivity index (χ1v) is 4.73. The molecule has 0 spiro atoms. The summed E-state index contributed by atoms with van der Waals surface area (Å²) in [4.78, 5) is 0. The normalized spacial score (nSPS) is 10.4. The van der Waals surface area contributed by atoms with Crippen LogP contribution in [-0.2, 0) is 7.05 Å². The fourth-order valence-corrected chi connectivity index (χ4v) is 1.46. The Morgan fingerprint density at radius 3 is 2.50 bits per heavy atom. The first kappa shape index (κ1) is 10.3. The van der Waals surface area contributed by atoms with Crippen LogP contribution in [0.1, 0.15) is 0 Å². The number of hydrogen-bond acceptors (Lipinski definition) is 5. The van der Waals surface area contributed by atoms with Crippen LogP contribution >= 0.6 is 0 Å². The van der Waals surface area contributed by atoms with Crippen LogP contribution in [0, 0.1) is 0 Å². The maximum absolute atomic E-state index is 9.39. The molecule has 0 aliphatic heterocycles. The van der Waals surface area contributed by atoms with E-state index in [1.165, 1.54) is 12.1 Å². The average molecular weight is 220 g/mol. The van der Waals surface area contributed by atoms with Gasteiger partial charge in [-0.15, -0.1) is 10.2 Å². The van der Waals surface area contributed by atoms with Crippen LogP contribution in [0.2, 0.25) is 0 Å². The van der Waals surface area contributed by atoms with E-state index in [1.54, 1.807) is 17.7 Å². The van der Waals surface area contributed by atoms with Gasteiger partial charge in [0.05, 0.1) is 0 Å². The number of aromatic nitrogens is 3. The van der Waals surface area contributed by atoms with E-state index in [2.05, 4.69) is 15.5 Å². The van der Waals surface area contributed by atoms with E-state index in [-0.39, 0.29) is 11.5 Å². The monoisotopic (exact) mass is 220 g/mol. The molecule has 1 aromatic carbocycles. The van der Waals surface area contributed by atoms with Gasteiger partial charge in [0.1, 0.15) is 0 Å². The molecular weight excluding hydrogens is 208 g/mol. The number of rotatable bonds is 2. The zero-order chi connectivity index (χ0) is 11.7. The molecule has 1 aromatic heterocycles. The van der Waals surface area contributed by atoms with Crippen molar-refractivity contribution in [2.45, 2.75) is 0 Å². The second-order valence-electron chi connectivity index (χ2n) is 3.36. The molecular formula is C10H12N4O2. The third-order valence-corrected chi connectivity index (χ3v) is 2.33. The van der Waals surface area contributed by atoms with Crippen LogP contribution in [0.15, 0.2) is 18.2 Å². The molecule has 2 aromatic rings. The lowest BCUT2D eigenvalue weighted by molar-refractivity contribution is 0.404. The summed E-state index contributed by atoms with van der Waals surface area (Å²) in [6, 6.07) is 4.52. The van der Waals surface area contributed by atoms with E-state index in [0.717, 1.165) is 0 Å². The molecule has 0 amide bonds. The van der Waals surface area contributed by atoms with Gasteiger partial charge in [-0.1, -0.05) is 0 Å². The molecule has 0 aliphatic rings. The lowest BCUT2D eigenvalue weighted by atomic mass is 10.2. The smallest absolute Gasteiger partial charge is 0.224 e. The Kier molecular flexibility index (Phi) is 2.40. The van der Waals surface area contributed by atoms with E-state index in [9.17, 15) is 10.2 Å². The number of nitrogens with one attached hydrogen (secondary N) is 1. The zero-order valence-electron chi connectivity index (χ0n) is 8.97. The van der Waals surface area contributed by atoms with Gasteiger partial charge in [0.25, 0.3) is 0 Å².